The predicted molar refractivity (Wildman–Crippen MR) is 314 cm³/mol. The summed E-state index contributed by atoms with van der Waals surface area (Å²) in [5, 5.41) is 11.3. The van der Waals surface area contributed by atoms with Crippen LogP contribution in [0.25, 0.3) is 0 Å². The van der Waals surface area contributed by atoms with Gasteiger partial charge < -0.3 is 50.7 Å². The summed E-state index contributed by atoms with van der Waals surface area (Å²) in [5.74, 6) is -4.14. The molecule has 1 fully saturated rings. The quantitative estimate of drug-likeness (QED) is 0.0320. The third-order valence-corrected chi connectivity index (χ3v) is 13.2. The third kappa shape index (κ3) is 34.9. The molecule has 0 aromatic heterocycles. The molecule has 0 bridgehead atoms. The molecule has 1 aliphatic rings. The summed E-state index contributed by atoms with van der Waals surface area (Å²) in [7, 11) is 2.40. The largest absolute Gasteiger partial charge is 0.468 e. The number of esters is 5. The van der Waals surface area contributed by atoms with Crippen LogP contribution in [0.3, 0.4) is 0 Å². The Hall–Kier alpha value is -5.02. The highest BCUT2D eigenvalue weighted by molar-refractivity contribution is 14.1. The van der Waals surface area contributed by atoms with Gasteiger partial charge in [-0.2, -0.15) is 0 Å². The van der Waals surface area contributed by atoms with Gasteiger partial charge in [-0.15, -0.1) is 0 Å². The van der Waals surface area contributed by atoms with Crippen molar-refractivity contribution in [3.8, 4) is 0 Å². The summed E-state index contributed by atoms with van der Waals surface area (Å²) in [5.41, 5.74) is 4.91. The molecule has 0 saturated carbocycles. The number of nitrogens with zero attached hydrogens (tertiary/aromatic N) is 4. The van der Waals surface area contributed by atoms with Crippen LogP contribution >= 0.6 is 22.6 Å². The minimum absolute atomic E-state index is 0.00317. The fraction of sp³-hybridized carbons (Fsp3) is 0.737. The summed E-state index contributed by atoms with van der Waals surface area (Å²) in [6.07, 6.45) is 3.74. The van der Waals surface area contributed by atoms with Crippen LogP contribution in [0.5, 0.6) is 0 Å². The van der Waals surface area contributed by atoms with Gasteiger partial charge in [0.05, 0.1) is 40.4 Å². The topological polar surface area (TPSA) is 287 Å². The first kappa shape index (κ1) is 72.1. The van der Waals surface area contributed by atoms with Crippen LogP contribution < -0.4 is 27.0 Å². The predicted octanol–water partition coefficient (Wildman–Crippen LogP) is 2.86. The summed E-state index contributed by atoms with van der Waals surface area (Å²) >= 11 is 2.25. The number of methoxy groups -OCH3 is 2. The molecule has 3 unspecified atom stereocenters. The number of nitrogens with two attached hydrogens (primary N) is 1. The molecule has 1 aromatic rings. The Balaban J connectivity index is 2.16. The summed E-state index contributed by atoms with van der Waals surface area (Å²) < 4.78 is 27.8. The van der Waals surface area contributed by atoms with E-state index in [-0.39, 0.29) is 70.2 Å². The van der Waals surface area contributed by atoms with Crippen molar-refractivity contribution in [2.24, 2.45) is 5.73 Å². The van der Waals surface area contributed by atoms with Crippen molar-refractivity contribution < 1.29 is 66.8 Å². The third-order valence-electron chi connectivity index (χ3n) is 12.5. The van der Waals surface area contributed by atoms with E-state index in [1.165, 1.54) is 14.2 Å². The molecule has 24 heteroatoms. The maximum Gasteiger partial charge on any atom is 0.328 e. The van der Waals surface area contributed by atoms with E-state index < -0.39 is 76.6 Å². The van der Waals surface area contributed by atoms with Crippen molar-refractivity contribution in [3.63, 3.8) is 0 Å². The van der Waals surface area contributed by atoms with Crippen molar-refractivity contribution in [1.82, 2.24) is 40.9 Å². The van der Waals surface area contributed by atoms with E-state index in [1.54, 1.807) is 62.3 Å². The normalized spacial score (nSPS) is 15.8. The molecule has 1 aromatic carbocycles. The number of rotatable bonds is 30. The molecule has 3 atom stereocenters. The second-order valence-corrected chi connectivity index (χ2v) is 24.7. The standard InChI is InChI=1S/C57H96IN9O14/c1-55(2,3)79-49(71)38-65-31-29-64(30-32-66(39-50(72)80-56(4,5)6)34-36-67(35-33-65)40-51(73)81-57(7,8)9)37-48(70)61-28-14-12-18-44(62-47(69)26-25-43(59)53(75)77-10)52(74)63-45(54(76)78-11)19-13-15-27-60-46(68)20-16-17-41-21-23-42(58)24-22-41/h21-24,43-45H,12-20,25-40,59H2,1-11H3,(H,60,68)(H,61,70)(H,62,69)(H,63,74). The maximum atomic E-state index is 13.9. The SMILES string of the molecule is COC(=O)C(N)CCC(=O)NC(CCCCNC(=O)CN1CCN(CC(=O)OC(C)(C)C)CCN(CC(=O)OC(C)(C)C)CCN(CC(=O)OC(C)(C)C)CC1)C(=O)NC(CCCCNC(=O)CCCc1ccc(I)cc1)C(=O)OC. The van der Waals surface area contributed by atoms with Crippen LogP contribution in [0.1, 0.15) is 132 Å². The van der Waals surface area contributed by atoms with Crippen LogP contribution in [0, 0.1) is 3.57 Å². The minimum atomic E-state index is -1.10. The highest BCUT2D eigenvalue weighted by Gasteiger charge is 2.29. The van der Waals surface area contributed by atoms with E-state index in [0.29, 0.717) is 97.4 Å². The zero-order valence-corrected chi connectivity index (χ0v) is 52.3. The Kier molecular flexibility index (Phi) is 33.1. The molecule has 2 rings (SSSR count). The molecule has 6 N–H and O–H groups in total. The van der Waals surface area contributed by atoms with Gasteiger partial charge in [0.1, 0.15) is 34.9 Å². The van der Waals surface area contributed by atoms with E-state index in [2.05, 4.69) is 60.7 Å². The van der Waals surface area contributed by atoms with Crippen molar-refractivity contribution in [2.45, 2.75) is 168 Å². The lowest BCUT2D eigenvalue weighted by Crippen LogP contribution is -2.52. The number of halogens is 1. The van der Waals surface area contributed by atoms with Gasteiger partial charge in [0, 0.05) is 81.9 Å². The second-order valence-electron chi connectivity index (χ2n) is 23.4. The average molecular weight is 1260 g/mol. The lowest BCUT2D eigenvalue weighted by Gasteiger charge is -2.34. The molecule has 1 saturated heterocycles. The lowest BCUT2D eigenvalue weighted by atomic mass is 10.1. The van der Waals surface area contributed by atoms with E-state index in [9.17, 15) is 43.2 Å². The van der Waals surface area contributed by atoms with Gasteiger partial charge in [-0.1, -0.05) is 12.1 Å². The first-order valence-corrected chi connectivity index (χ1v) is 29.4. The molecule has 81 heavy (non-hydrogen) atoms. The number of benzene rings is 1. The number of aryl methyl sites for hydroxylation is 1. The van der Waals surface area contributed by atoms with Crippen molar-refractivity contribution in [2.75, 3.05) is 106 Å². The van der Waals surface area contributed by atoms with Crippen molar-refractivity contribution in [3.05, 3.63) is 33.4 Å². The Morgan fingerprint density at radius 1 is 0.506 bits per heavy atom. The van der Waals surface area contributed by atoms with Crippen LogP contribution in [-0.2, 0) is 73.3 Å². The van der Waals surface area contributed by atoms with E-state index in [0.717, 1.165) is 15.6 Å². The molecule has 1 heterocycles. The molecule has 23 nitrogen and oxygen atoms in total. The molecular weight excluding hydrogens is 1160 g/mol. The number of carbonyl (C=O) groups excluding carboxylic acids is 9. The molecule has 4 amide bonds. The highest BCUT2D eigenvalue weighted by atomic mass is 127. The number of hydrogen-bond acceptors (Lipinski definition) is 19. The Bertz CT molecular complexity index is 2100. The molecule has 460 valence electrons. The molecular formula is C57H96IN9O14. The zero-order chi connectivity index (χ0) is 60.8. The van der Waals surface area contributed by atoms with Crippen molar-refractivity contribution in [1.29, 1.82) is 0 Å². The summed E-state index contributed by atoms with van der Waals surface area (Å²) in [4.78, 5) is 125. The fourth-order valence-corrected chi connectivity index (χ4v) is 8.85. The van der Waals surface area contributed by atoms with Gasteiger partial charge in [-0.05, 0) is 160 Å². The first-order valence-electron chi connectivity index (χ1n) is 28.3. The molecule has 1 aliphatic heterocycles. The number of ether oxygens (including phenoxy) is 5. The number of hydrogen-bond donors (Lipinski definition) is 5. The summed E-state index contributed by atoms with van der Waals surface area (Å²) in [6.45, 7) is 19.7. The van der Waals surface area contributed by atoms with Gasteiger partial charge >= 0.3 is 29.8 Å². The van der Waals surface area contributed by atoms with E-state index in [1.807, 2.05) is 31.7 Å². The van der Waals surface area contributed by atoms with Gasteiger partial charge in [0.15, 0.2) is 0 Å². The maximum absolute atomic E-state index is 13.9. The van der Waals surface area contributed by atoms with Crippen molar-refractivity contribution >= 4 is 76.1 Å². The van der Waals surface area contributed by atoms with Crippen LogP contribution in [0.4, 0.5) is 0 Å². The molecule has 0 spiro atoms. The van der Waals surface area contributed by atoms with Gasteiger partial charge in [0.25, 0.3) is 0 Å². The Morgan fingerprint density at radius 2 is 0.914 bits per heavy atom. The Morgan fingerprint density at radius 3 is 1.33 bits per heavy atom. The van der Waals surface area contributed by atoms with Crippen LogP contribution in [-0.4, -0.2) is 214 Å². The highest BCUT2D eigenvalue weighted by Crippen LogP contribution is 2.14. The summed E-state index contributed by atoms with van der Waals surface area (Å²) in [6, 6.07) is 4.96. The fourth-order valence-electron chi connectivity index (χ4n) is 8.49. The lowest BCUT2D eigenvalue weighted by molar-refractivity contribution is -0.158. The number of nitrogens with one attached hydrogen (secondary N) is 4. The van der Waals surface area contributed by atoms with Gasteiger partial charge in [0.2, 0.25) is 23.6 Å². The van der Waals surface area contributed by atoms with Crippen LogP contribution in [0.15, 0.2) is 24.3 Å². The van der Waals surface area contributed by atoms with E-state index >= 15 is 0 Å². The van der Waals surface area contributed by atoms with Gasteiger partial charge in [-0.3, -0.25) is 58.0 Å². The average Bonchev–Trinajstić information content (AvgIpc) is 3.36. The first-order chi connectivity index (χ1) is 37.9. The minimum Gasteiger partial charge on any atom is -0.468 e. The van der Waals surface area contributed by atoms with Gasteiger partial charge in [-0.25, -0.2) is 4.79 Å². The Labute approximate surface area is 494 Å². The van der Waals surface area contributed by atoms with Crippen LogP contribution in [0.2, 0.25) is 0 Å². The number of unbranched alkanes of at least 4 members (excludes halogenated alkanes) is 2. The number of amides is 4. The molecule has 0 aliphatic carbocycles. The zero-order valence-electron chi connectivity index (χ0n) is 50.2. The monoisotopic (exact) mass is 1260 g/mol. The smallest absolute Gasteiger partial charge is 0.328 e. The number of carbonyl (C=O) groups is 9. The molecule has 0 radical (unpaired) electrons. The second kappa shape index (κ2) is 37.2. The van der Waals surface area contributed by atoms with E-state index in [4.69, 9.17) is 24.7 Å².